The summed E-state index contributed by atoms with van der Waals surface area (Å²) in [6, 6.07) is 5.87. The molecular weight excluding hydrogens is 486 g/mol. The molecule has 0 aromatic heterocycles. The Morgan fingerprint density at radius 1 is 1.00 bits per heavy atom. The number of ether oxygens (including phenoxy) is 2. The molecule has 0 bridgehead atoms. The number of rotatable bonds is 5. The van der Waals surface area contributed by atoms with Gasteiger partial charge in [-0.1, -0.05) is 12.1 Å². The fourth-order valence-electron chi connectivity index (χ4n) is 2.93. The average Bonchev–Trinajstić information content (AvgIpc) is 3.11. The van der Waals surface area contributed by atoms with Crippen molar-refractivity contribution in [3.05, 3.63) is 63.6 Å². The molecule has 0 atom stereocenters. The van der Waals surface area contributed by atoms with E-state index in [1.807, 2.05) is 0 Å². The maximum Gasteiger partial charge on any atom is 0.416 e. The van der Waals surface area contributed by atoms with Gasteiger partial charge in [-0.2, -0.15) is 31.3 Å². The van der Waals surface area contributed by atoms with Crippen LogP contribution in [0, 0.1) is 0 Å². The number of hydrogen-bond donors (Lipinski definition) is 0. The summed E-state index contributed by atoms with van der Waals surface area (Å²) in [6.07, 6.45) is -8.33. The Morgan fingerprint density at radius 2 is 1.71 bits per heavy atom. The van der Waals surface area contributed by atoms with Crippen molar-refractivity contribution < 1.29 is 40.6 Å². The Morgan fingerprint density at radius 3 is 2.26 bits per heavy atom. The maximum atomic E-state index is 13.3. The van der Waals surface area contributed by atoms with Gasteiger partial charge < -0.3 is 14.4 Å². The molecule has 0 radical (unpaired) electrons. The lowest BCUT2D eigenvalue weighted by Gasteiger charge is -2.17. The summed E-state index contributed by atoms with van der Waals surface area (Å²) in [4.78, 5) is 18.0. The van der Waals surface area contributed by atoms with Crippen molar-refractivity contribution in [1.82, 2.24) is 4.90 Å². The minimum Gasteiger partial charge on any atom is -0.493 e. The van der Waals surface area contributed by atoms with E-state index >= 15 is 0 Å². The van der Waals surface area contributed by atoms with Crippen LogP contribution in [0.5, 0.6) is 11.5 Å². The van der Waals surface area contributed by atoms with Gasteiger partial charge >= 0.3 is 12.4 Å². The van der Waals surface area contributed by atoms with E-state index in [1.165, 1.54) is 31.0 Å². The van der Waals surface area contributed by atoms with Crippen molar-refractivity contribution in [3.63, 3.8) is 0 Å². The molecule has 0 saturated heterocycles. The van der Waals surface area contributed by atoms with Crippen LogP contribution in [-0.2, 0) is 23.8 Å². The summed E-state index contributed by atoms with van der Waals surface area (Å²) >= 11 is 1.18. The number of carbonyl (C=O) groups excluding carboxylic acids is 1. The lowest BCUT2D eigenvalue weighted by molar-refractivity contribution is -0.143. The van der Waals surface area contributed by atoms with E-state index in [4.69, 9.17) is 9.47 Å². The van der Waals surface area contributed by atoms with Crippen molar-refractivity contribution in [2.45, 2.75) is 19.0 Å². The van der Waals surface area contributed by atoms with E-state index < -0.39 is 41.6 Å². The van der Waals surface area contributed by atoms with Gasteiger partial charge in [0.1, 0.15) is 6.61 Å². The molecule has 182 valence electrons. The van der Waals surface area contributed by atoms with Crippen LogP contribution >= 0.6 is 11.8 Å². The molecule has 2 aromatic carbocycles. The van der Waals surface area contributed by atoms with Gasteiger partial charge in [0.2, 0.25) is 0 Å². The first-order chi connectivity index (χ1) is 15.8. The van der Waals surface area contributed by atoms with Gasteiger partial charge in [-0.15, -0.1) is 0 Å². The summed E-state index contributed by atoms with van der Waals surface area (Å²) in [5.41, 5.74) is -2.74. The molecule has 0 saturated carbocycles. The van der Waals surface area contributed by atoms with Gasteiger partial charge in [-0.3, -0.25) is 4.79 Å². The molecule has 1 amide bonds. The van der Waals surface area contributed by atoms with Crippen molar-refractivity contribution in [2.24, 2.45) is 4.99 Å². The molecule has 0 N–H and O–H groups in total. The predicted molar refractivity (Wildman–Crippen MR) is 115 cm³/mol. The Labute approximate surface area is 195 Å². The highest BCUT2D eigenvalue weighted by Gasteiger charge is 2.38. The number of benzene rings is 2. The molecule has 1 aliphatic rings. The second-order valence-electron chi connectivity index (χ2n) is 7.27. The number of amidine groups is 1. The molecule has 1 aliphatic heterocycles. The first-order valence-corrected chi connectivity index (χ1v) is 10.4. The summed E-state index contributed by atoms with van der Waals surface area (Å²) in [5, 5.41) is 0.528. The number of nitrogens with zero attached hydrogens (tertiary/aromatic N) is 2. The lowest BCUT2D eigenvalue weighted by atomic mass is 10.0. The van der Waals surface area contributed by atoms with Crippen LogP contribution in [0.3, 0.4) is 0 Å². The topological polar surface area (TPSA) is 51.1 Å². The first kappa shape index (κ1) is 25.5. The number of halogens is 6. The van der Waals surface area contributed by atoms with Gasteiger partial charge in [0.15, 0.2) is 16.7 Å². The van der Waals surface area contributed by atoms with Crippen LogP contribution < -0.4 is 9.47 Å². The molecule has 12 heteroatoms. The molecule has 0 aliphatic carbocycles. The average molecular weight is 504 g/mol. The Hall–Kier alpha value is -3.15. The van der Waals surface area contributed by atoms with E-state index in [1.54, 1.807) is 31.1 Å². The highest BCUT2D eigenvalue weighted by Crippen LogP contribution is 2.38. The summed E-state index contributed by atoms with van der Waals surface area (Å²) < 4.78 is 89.3. The predicted octanol–water partition coefficient (Wildman–Crippen LogP) is 5.84. The highest BCUT2D eigenvalue weighted by molar-refractivity contribution is 8.18. The molecule has 0 spiro atoms. The molecule has 0 unspecified atom stereocenters. The molecule has 0 fully saturated rings. The number of aliphatic imine (C=N–C) groups is 1. The fourth-order valence-corrected chi connectivity index (χ4v) is 3.77. The lowest BCUT2D eigenvalue weighted by Crippen LogP contribution is -2.16. The molecule has 3 rings (SSSR count). The van der Waals surface area contributed by atoms with Crippen LogP contribution in [0.4, 0.5) is 26.3 Å². The Bertz CT molecular complexity index is 1160. The van der Waals surface area contributed by atoms with Gasteiger partial charge in [0, 0.05) is 19.7 Å². The fraction of sp³-hybridized carbons (Fsp3) is 0.273. The Balaban J connectivity index is 1.83. The zero-order valence-electron chi connectivity index (χ0n) is 18.0. The number of hydrogen-bond acceptors (Lipinski definition) is 5. The first-order valence-electron chi connectivity index (χ1n) is 9.57. The monoisotopic (exact) mass is 504 g/mol. The maximum absolute atomic E-state index is 13.3. The van der Waals surface area contributed by atoms with Gasteiger partial charge in [-0.05, 0) is 47.7 Å². The van der Waals surface area contributed by atoms with Crippen LogP contribution in [-0.4, -0.2) is 37.2 Å². The third-order valence-corrected chi connectivity index (χ3v) is 5.75. The molecule has 34 heavy (non-hydrogen) atoms. The smallest absolute Gasteiger partial charge is 0.416 e. The number of amides is 1. The van der Waals surface area contributed by atoms with Crippen molar-refractivity contribution in [3.8, 4) is 11.5 Å². The van der Waals surface area contributed by atoms with E-state index in [2.05, 4.69) is 4.99 Å². The largest absolute Gasteiger partial charge is 0.493 e. The van der Waals surface area contributed by atoms with Crippen molar-refractivity contribution in [1.29, 1.82) is 0 Å². The SMILES string of the molecule is COc1cc(C=C2SC(N(C)C)=NC2=O)ccc1OCc1ccc(C(F)(F)F)cc1C(F)(F)F. The second-order valence-corrected chi connectivity index (χ2v) is 8.28. The van der Waals surface area contributed by atoms with E-state index in [-0.39, 0.29) is 17.6 Å². The highest BCUT2D eigenvalue weighted by atomic mass is 32.2. The third-order valence-electron chi connectivity index (χ3n) is 4.60. The number of methoxy groups -OCH3 is 1. The van der Waals surface area contributed by atoms with Crippen molar-refractivity contribution >= 4 is 28.9 Å². The van der Waals surface area contributed by atoms with E-state index in [0.29, 0.717) is 21.7 Å². The third kappa shape index (κ3) is 5.85. The van der Waals surface area contributed by atoms with Crippen LogP contribution in [0.25, 0.3) is 6.08 Å². The van der Waals surface area contributed by atoms with Crippen LogP contribution in [0.1, 0.15) is 22.3 Å². The zero-order chi connectivity index (χ0) is 25.3. The molecule has 5 nitrogen and oxygen atoms in total. The summed E-state index contributed by atoms with van der Waals surface area (Å²) in [6.45, 7) is -0.641. The number of carbonyl (C=O) groups is 1. The molecule has 1 heterocycles. The van der Waals surface area contributed by atoms with Crippen molar-refractivity contribution in [2.75, 3.05) is 21.2 Å². The van der Waals surface area contributed by atoms with Crippen LogP contribution in [0.2, 0.25) is 0 Å². The van der Waals surface area contributed by atoms with E-state index in [9.17, 15) is 31.1 Å². The normalized spacial score (nSPS) is 15.5. The van der Waals surface area contributed by atoms with Gasteiger partial charge in [-0.25, -0.2) is 0 Å². The number of alkyl halides is 6. The molecular formula is C22H18F6N2O3S. The Kier molecular flexibility index (Phi) is 7.20. The van der Waals surface area contributed by atoms with Crippen LogP contribution in [0.15, 0.2) is 46.3 Å². The second kappa shape index (κ2) is 9.61. The zero-order valence-corrected chi connectivity index (χ0v) is 18.9. The minimum atomic E-state index is -5.00. The quantitative estimate of drug-likeness (QED) is 0.378. The minimum absolute atomic E-state index is 0.0611. The standard InChI is InChI=1S/C22H18F6N2O3S/c1-30(2)20-29-19(31)18(34-20)9-12-4-7-16(17(8-12)32-3)33-11-13-5-6-14(21(23,24)25)10-15(13)22(26,27)28/h4-10H,11H2,1-3H3. The summed E-state index contributed by atoms with van der Waals surface area (Å²) in [7, 11) is 4.82. The number of thioether (sulfide) groups is 1. The summed E-state index contributed by atoms with van der Waals surface area (Å²) in [5.74, 6) is -0.165. The van der Waals surface area contributed by atoms with Gasteiger partial charge in [0.05, 0.1) is 23.1 Å². The molecule has 2 aromatic rings. The van der Waals surface area contributed by atoms with Gasteiger partial charge in [0.25, 0.3) is 5.91 Å². The van der Waals surface area contributed by atoms with E-state index in [0.717, 1.165) is 6.07 Å².